The van der Waals surface area contributed by atoms with Crippen LogP contribution >= 0.6 is 0 Å². The zero-order valence-electron chi connectivity index (χ0n) is 12.8. The summed E-state index contributed by atoms with van der Waals surface area (Å²) in [4.78, 5) is 14.8. The summed E-state index contributed by atoms with van der Waals surface area (Å²) in [6.45, 7) is 3.91. The molecular weight excluding hydrogens is 294 g/mol. The van der Waals surface area contributed by atoms with Crippen molar-refractivity contribution in [1.82, 2.24) is 4.57 Å². The predicted octanol–water partition coefficient (Wildman–Crippen LogP) is 4.35. The molecule has 3 aromatic rings. The molecule has 1 aromatic carbocycles. The second-order valence-electron chi connectivity index (χ2n) is 5.15. The van der Waals surface area contributed by atoms with Gasteiger partial charge in [-0.15, -0.1) is 0 Å². The normalized spacial score (nSPS) is 11.2. The van der Waals surface area contributed by atoms with Gasteiger partial charge in [-0.25, -0.2) is 4.99 Å². The van der Waals surface area contributed by atoms with E-state index in [-0.39, 0.29) is 5.69 Å². The van der Waals surface area contributed by atoms with Crippen molar-refractivity contribution in [3.63, 3.8) is 0 Å². The fourth-order valence-corrected chi connectivity index (χ4v) is 2.54. The highest BCUT2D eigenvalue weighted by atomic mass is 16.6. The van der Waals surface area contributed by atoms with E-state index < -0.39 is 4.92 Å². The molecule has 0 spiro atoms. The number of aryl methyl sites for hydroxylation is 1. The first-order valence-corrected chi connectivity index (χ1v) is 7.07. The second kappa shape index (κ2) is 5.92. The Morgan fingerprint density at radius 1 is 1.22 bits per heavy atom. The molecule has 2 heterocycles. The lowest BCUT2D eigenvalue weighted by molar-refractivity contribution is -0.384. The van der Waals surface area contributed by atoms with Crippen LogP contribution in [0, 0.1) is 24.0 Å². The molecule has 0 aliphatic heterocycles. The zero-order valence-corrected chi connectivity index (χ0v) is 12.8. The van der Waals surface area contributed by atoms with E-state index in [1.807, 2.05) is 30.5 Å². The molecule has 23 heavy (non-hydrogen) atoms. The van der Waals surface area contributed by atoms with E-state index in [4.69, 9.17) is 4.42 Å². The van der Waals surface area contributed by atoms with Crippen LogP contribution in [0.1, 0.15) is 17.0 Å². The van der Waals surface area contributed by atoms with Gasteiger partial charge in [-0.3, -0.25) is 10.1 Å². The molecule has 116 valence electrons. The smallest absolute Gasteiger partial charge is 0.271 e. The average Bonchev–Trinajstić information content (AvgIpc) is 3.13. The lowest BCUT2D eigenvalue weighted by atomic mass is 10.2. The topological polar surface area (TPSA) is 73.6 Å². The van der Waals surface area contributed by atoms with Crippen LogP contribution in [0.5, 0.6) is 0 Å². The van der Waals surface area contributed by atoms with Crippen LogP contribution in [0.25, 0.3) is 5.69 Å². The minimum absolute atomic E-state index is 0.0702. The summed E-state index contributed by atoms with van der Waals surface area (Å²) < 4.78 is 7.15. The van der Waals surface area contributed by atoms with Crippen molar-refractivity contribution in [2.75, 3.05) is 0 Å². The molecular formula is C17H15N3O3. The van der Waals surface area contributed by atoms with Crippen LogP contribution in [0.2, 0.25) is 0 Å². The third-order valence-electron chi connectivity index (χ3n) is 3.61. The van der Waals surface area contributed by atoms with E-state index in [1.165, 1.54) is 6.07 Å². The van der Waals surface area contributed by atoms with Crippen LogP contribution in [0.3, 0.4) is 0 Å². The van der Waals surface area contributed by atoms with Crippen molar-refractivity contribution >= 4 is 17.8 Å². The van der Waals surface area contributed by atoms with Gasteiger partial charge in [-0.05, 0) is 32.0 Å². The largest absolute Gasteiger partial charge is 0.447 e. The van der Waals surface area contributed by atoms with Gasteiger partial charge in [0.1, 0.15) is 0 Å². The molecule has 3 rings (SSSR count). The van der Waals surface area contributed by atoms with Crippen molar-refractivity contribution in [2.45, 2.75) is 13.8 Å². The molecule has 0 bridgehead atoms. The summed E-state index contributed by atoms with van der Waals surface area (Å²) in [6.07, 6.45) is 3.30. The molecule has 0 unspecified atom stereocenters. The van der Waals surface area contributed by atoms with Crippen LogP contribution < -0.4 is 0 Å². The SMILES string of the molecule is Cc1cc(C=Nc2ccco2)c(C)n1-c1cccc([N+](=O)[O-])c1. The van der Waals surface area contributed by atoms with Gasteiger partial charge in [-0.2, -0.15) is 0 Å². The molecule has 0 fully saturated rings. The lowest BCUT2D eigenvalue weighted by Crippen LogP contribution is -2.00. The van der Waals surface area contributed by atoms with Crippen LogP contribution in [0.4, 0.5) is 11.6 Å². The first-order chi connectivity index (χ1) is 11.1. The molecule has 0 atom stereocenters. The molecule has 0 aliphatic rings. The number of aliphatic imine (C=N–C) groups is 1. The Balaban J connectivity index is 2.01. The van der Waals surface area contributed by atoms with Gasteiger partial charge in [0.25, 0.3) is 5.69 Å². The molecule has 6 heteroatoms. The third-order valence-corrected chi connectivity index (χ3v) is 3.61. The predicted molar refractivity (Wildman–Crippen MR) is 87.9 cm³/mol. The number of hydrogen-bond acceptors (Lipinski definition) is 4. The minimum Gasteiger partial charge on any atom is -0.447 e. The van der Waals surface area contributed by atoms with Crippen molar-refractivity contribution in [3.05, 3.63) is 75.8 Å². The highest BCUT2D eigenvalue weighted by molar-refractivity contribution is 5.83. The average molecular weight is 309 g/mol. The summed E-state index contributed by atoms with van der Waals surface area (Å²) in [5, 5.41) is 11.0. The van der Waals surface area contributed by atoms with Gasteiger partial charge >= 0.3 is 0 Å². The monoisotopic (exact) mass is 309 g/mol. The maximum absolute atomic E-state index is 11.0. The van der Waals surface area contributed by atoms with Crippen LogP contribution in [-0.2, 0) is 0 Å². The Morgan fingerprint density at radius 3 is 2.74 bits per heavy atom. The summed E-state index contributed by atoms with van der Waals surface area (Å²) in [5.41, 5.74) is 3.69. The number of furan rings is 1. The minimum atomic E-state index is -0.392. The summed E-state index contributed by atoms with van der Waals surface area (Å²) in [7, 11) is 0. The van der Waals surface area contributed by atoms with Crippen molar-refractivity contribution in [3.8, 4) is 5.69 Å². The molecule has 0 amide bonds. The van der Waals surface area contributed by atoms with Gasteiger partial charge in [0.2, 0.25) is 5.88 Å². The van der Waals surface area contributed by atoms with Gasteiger partial charge < -0.3 is 8.98 Å². The zero-order chi connectivity index (χ0) is 16.4. The van der Waals surface area contributed by atoms with Crippen LogP contribution in [-0.4, -0.2) is 15.7 Å². The van der Waals surface area contributed by atoms with E-state index >= 15 is 0 Å². The second-order valence-corrected chi connectivity index (χ2v) is 5.15. The maximum atomic E-state index is 11.0. The number of aromatic nitrogens is 1. The Labute approximate surface area is 132 Å². The molecule has 0 N–H and O–H groups in total. The number of rotatable bonds is 4. The number of hydrogen-bond donors (Lipinski definition) is 0. The molecule has 0 aliphatic carbocycles. The van der Waals surface area contributed by atoms with Gasteiger partial charge in [0.05, 0.1) is 16.9 Å². The first-order valence-electron chi connectivity index (χ1n) is 7.07. The Hall–Kier alpha value is -3.15. The van der Waals surface area contributed by atoms with E-state index in [9.17, 15) is 10.1 Å². The molecule has 2 aromatic heterocycles. The fourth-order valence-electron chi connectivity index (χ4n) is 2.54. The number of nitrogens with zero attached hydrogens (tertiary/aromatic N) is 3. The van der Waals surface area contributed by atoms with E-state index in [0.717, 1.165) is 22.6 Å². The molecule has 0 saturated carbocycles. The van der Waals surface area contributed by atoms with Crippen molar-refractivity contribution in [1.29, 1.82) is 0 Å². The molecule has 0 saturated heterocycles. The summed E-state index contributed by atoms with van der Waals surface area (Å²) >= 11 is 0. The summed E-state index contributed by atoms with van der Waals surface area (Å²) in [6, 6.07) is 12.1. The summed E-state index contributed by atoms with van der Waals surface area (Å²) in [5.74, 6) is 0.533. The van der Waals surface area contributed by atoms with Gasteiger partial charge in [0.15, 0.2) is 0 Å². The number of nitro benzene ring substituents is 1. The van der Waals surface area contributed by atoms with Crippen LogP contribution in [0.15, 0.2) is 58.1 Å². The van der Waals surface area contributed by atoms with Crippen molar-refractivity contribution in [2.24, 2.45) is 4.99 Å². The quantitative estimate of drug-likeness (QED) is 0.408. The molecule has 0 radical (unpaired) electrons. The van der Waals surface area contributed by atoms with Crippen molar-refractivity contribution < 1.29 is 9.34 Å². The van der Waals surface area contributed by atoms with E-state index in [2.05, 4.69) is 4.99 Å². The highest BCUT2D eigenvalue weighted by Crippen LogP contribution is 2.23. The maximum Gasteiger partial charge on any atom is 0.271 e. The lowest BCUT2D eigenvalue weighted by Gasteiger charge is -2.09. The van der Waals surface area contributed by atoms with Gasteiger partial charge in [0, 0.05) is 41.4 Å². The Kier molecular flexibility index (Phi) is 3.80. The first kappa shape index (κ1) is 14.8. The number of benzene rings is 1. The van der Waals surface area contributed by atoms with Gasteiger partial charge in [-0.1, -0.05) is 6.07 Å². The van der Waals surface area contributed by atoms with E-state index in [0.29, 0.717) is 5.88 Å². The fraction of sp³-hybridized carbons (Fsp3) is 0.118. The number of non-ortho nitro benzene ring substituents is 1. The Morgan fingerprint density at radius 2 is 2.04 bits per heavy atom. The standard InChI is InChI=1S/C17H15N3O3/c1-12-9-14(11-18-17-7-4-8-23-17)13(2)19(12)15-5-3-6-16(10-15)20(21)22/h3-11H,1-2H3. The highest BCUT2D eigenvalue weighted by Gasteiger charge is 2.12. The van der Waals surface area contributed by atoms with E-state index in [1.54, 1.807) is 36.7 Å². The number of nitro groups is 1. The third kappa shape index (κ3) is 2.91. The Bertz CT molecular complexity index is 877. The molecule has 6 nitrogen and oxygen atoms in total.